The van der Waals surface area contributed by atoms with Crippen LogP contribution in [-0.2, 0) is 9.53 Å². The first-order valence-electron chi connectivity index (χ1n) is 9.29. The molecule has 1 aliphatic heterocycles. The summed E-state index contributed by atoms with van der Waals surface area (Å²) < 4.78 is 5.73. The number of aliphatic hydroxyl groups excluding tert-OH is 1. The first-order valence-corrected chi connectivity index (χ1v) is 9.29. The molecule has 0 radical (unpaired) electrons. The fourth-order valence-electron chi connectivity index (χ4n) is 4.62. The van der Waals surface area contributed by atoms with Crippen LogP contribution in [0.25, 0.3) is 0 Å². The number of hydrogen-bond donors (Lipinski definition) is 1. The fraction of sp³-hybridized carbons (Fsp3) is 0.947. The molecule has 1 saturated carbocycles. The summed E-state index contributed by atoms with van der Waals surface area (Å²) in [7, 11) is 0. The average Bonchev–Trinajstić information content (AvgIpc) is 2.79. The second-order valence-electron chi connectivity index (χ2n) is 8.89. The summed E-state index contributed by atoms with van der Waals surface area (Å²) in [6.07, 6.45) is 6.73. The first-order chi connectivity index (χ1) is 10.7. The van der Waals surface area contributed by atoms with E-state index in [2.05, 4.69) is 18.7 Å². The molecule has 1 spiro atoms. The molecule has 2 rings (SSSR count). The SMILES string of the molecule is CC(C)[C@@H](C(=O)OC(C)(C)C)N1CCCC12CCCC(CO)C2. The van der Waals surface area contributed by atoms with Crippen molar-refractivity contribution < 1.29 is 14.6 Å². The largest absolute Gasteiger partial charge is 0.459 e. The Morgan fingerprint density at radius 2 is 1.96 bits per heavy atom. The number of ether oxygens (including phenoxy) is 1. The topological polar surface area (TPSA) is 49.8 Å². The van der Waals surface area contributed by atoms with E-state index in [1.807, 2.05) is 20.8 Å². The van der Waals surface area contributed by atoms with E-state index in [0.29, 0.717) is 5.92 Å². The number of hydrogen-bond acceptors (Lipinski definition) is 4. The van der Waals surface area contributed by atoms with Crippen molar-refractivity contribution in [2.24, 2.45) is 11.8 Å². The van der Waals surface area contributed by atoms with Crippen LogP contribution in [0.3, 0.4) is 0 Å². The van der Waals surface area contributed by atoms with Crippen molar-refractivity contribution in [1.29, 1.82) is 0 Å². The van der Waals surface area contributed by atoms with Crippen LogP contribution in [0.5, 0.6) is 0 Å². The van der Waals surface area contributed by atoms with Crippen LogP contribution in [0.4, 0.5) is 0 Å². The van der Waals surface area contributed by atoms with Crippen molar-refractivity contribution >= 4 is 5.97 Å². The zero-order valence-electron chi connectivity index (χ0n) is 15.6. The van der Waals surface area contributed by atoms with Crippen molar-refractivity contribution in [1.82, 2.24) is 4.90 Å². The molecule has 0 aromatic rings. The third-order valence-corrected chi connectivity index (χ3v) is 5.45. The maximum atomic E-state index is 12.9. The van der Waals surface area contributed by atoms with Gasteiger partial charge in [0.05, 0.1) is 0 Å². The quantitative estimate of drug-likeness (QED) is 0.805. The van der Waals surface area contributed by atoms with E-state index < -0.39 is 5.60 Å². The molecule has 0 amide bonds. The van der Waals surface area contributed by atoms with Crippen molar-refractivity contribution in [2.75, 3.05) is 13.2 Å². The number of likely N-dealkylation sites (tertiary alicyclic amines) is 1. The molecule has 2 unspecified atom stereocenters. The van der Waals surface area contributed by atoms with E-state index in [1.54, 1.807) is 0 Å². The summed E-state index contributed by atoms with van der Waals surface area (Å²) in [5.74, 6) is 0.532. The molecule has 4 heteroatoms. The smallest absolute Gasteiger partial charge is 0.324 e. The minimum atomic E-state index is -0.447. The molecular weight excluding hydrogens is 290 g/mol. The van der Waals surface area contributed by atoms with Gasteiger partial charge in [-0.05, 0) is 71.3 Å². The zero-order valence-corrected chi connectivity index (χ0v) is 15.6. The van der Waals surface area contributed by atoms with Gasteiger partial charge < -0.3 is 9.84 Å². The summed E-state index contributed by atoms with van der Waals surface area (Å²) in [4.78, 5) is 15.3. The predicted octanol–water partition coefficient (Wildman–Crippen LogP) is 3.37. The minimum Gasteiger partial charge on any atom is -0.459 e. The van der Waals surface area contributed by atoms with Gasteiger partial charge in [-0.15, -0.1) is 0 Å². The summed E-state index contributed by atoms with van der Waals surface area (Å²) in [5, 5.41) is 9.62. The third-order valence-electron chi connectivity index (χ3n) is 5.45. The van der Waals surface area contributed by atoms with Gasteiger partial charge in [0.25, 0.3) is 0 Å². The second kappa shape index (κ2) is 7.10. The lowest BCUT2D eigenvalue weighted by atomic mass is 9.73. The summed E-state index contributed by atoms with van der Waals surface area (Å²) in [6, 6.07) is -0.172. The molecule has 1 heterocycles. The highest BCUT2D eigenvalue weighted by molar-refractivity contribution is 5.76. The van der Waals surface area contributed by atoms with Crippen molar-refractivity contribution in [3.63, 3.8) is 0 Å². The van der Waals surface area contributed by atoms with Gasteiger partial charge in [-0.1, -0.05) is 20.3 Å². The van der Waals surface area contributed by atoms with Crippen molar-refractivity contribution in [3.05, 3.63) is 0 Å². The van der Waals surface area contributed by atoms with Gasteiger partial charge in [0.2, 0.25) is 0 Å². The molecule has 1 aliphatic carbocycles. The van der Waals surface area contributed by atoms with Crippen LogP contribution in [-0.4, -0.2) is 46.3 Å². The lowest BCUT2D eigenvalue weighted by Crippen LogP contribution is -2.57. The molecule has 134 valence electrons. The lowest BCUT2D eigenvalue weighted by molar-refractivity contribution is -0.166. The molecule has 4 nitrogen and oxygen atoms in total. The molecule has 2 aliphatic rings. The number of aliphatic hydroxyl groups is 1. The highest BCUT2D eigenvalue weighted by atomic mass is 16.6. The fourth-order valence-corrected chi connectivity index (χ4v) is 4.62. The van der Waals surface area contributed by atoms with Gasteiger partial charge in [-0.2, -0.15) is 0 Å². The average molecular weight is 325 g/mol. The Morgan fingerprint density at radius 1 is 1.30 bits per heavy atom. The van der Waals surface area contributed by atoms with E-state index in [-0.39, 0.29) is 30.1 Å². The van der Waals surface area contributed by atoms with E-state index in [4.69, 9.17) is 4.74 Å². The van der Waals surface area contributed by atoms with E-state index >= 15 is 0 Å². The van der Waals surface area contributed by atoms with E-state index in [9.17, 15) is 9.90 Å². The maximum absolute atomic E-state index is 12.9. The lowest BCUT2D eigenvalue weighted by Gasteiger charge is -2.48. The number of carbonyl (C=O) groups excluding carboxylic acids is 1. The van der Waals surface area contributed by atoms with Crippen LogP contribution in [0, 0.1) is 11.8 Å². The van der Waals surface area contributed by atoms with Gasteiger partial charge >= 0.3 is 5.97 Å². The van der Waals surface area contributed by atoms with Gasteiger partial charge in [0.1, 0.15) is 11.6 Å². The Hall–Kier alpha value is -0.610. The second-order valence-corrected chi connectivity index (χ2v) is 8.89. The van der Waals surface area contributed by atoms with Gasteiger partial charge in [-0.3, -0.25) is 9.69 Å². The third kappa shape index (κ3) is 4.27. The van der Waals surface area contributed by atoms with Gasteiger partial charge in [0.15, 0.2) is 0 Å². The summed E-state index contributed by atoms with van der Waals surface area (Å²) >= 11 is 0. The summed E-state index contributed by atoms with van der Waals surface area (Å²) in [6.45, 7) is 11.3. The Bertz CT molecular complexity index is 415. The maximum Gasteiger partial charge on any atom is 0.324 e. The molecular formula is C19H35NO3. The Labute approximate surface area is 141 Å². The Kier molecular flexibility index (Phi) is 5.78. The van der Waals surface area contributed by atoms with Gasteiger partial charge in [-0.25, -0.2) is 0 Å². The normalized spacial score (nSPS) is 30.8. The molecule has 0 aromatic carbocycles. The first kappa shape index (κ1) is 18.7. The Morgan fingerprint density at radius 3 is 2.52 bits per heavy atom. The minimum absolute atomic E-state index is 0.0834. The molecule has 1 N–H and O–H groups in total. The zero-order chi connectivity index (χ0) is 17.3. The van der Waals surface area contributed by atoms with Crippen LogP contribution >= 0.6 is 0 Å². The molecule has 1 saturated heterocycles. The standard InChI is InChI=1S/C19H35NO3/c1-14(2)16(17(22)23-18(3,4)5)20-11-7-10-19(20)9-6-8-15(12-19)13-21/h14-16,21H,6-13H2,1-5H3/t15?,16-,19?/m0/s1. The predicted molar refractivity (Wildman–Crippen MR) is 92.2 cm³/mol. The highest BCUT2D eigenvalue weighted by Crippen LogP contribution is 2.45. The summed E-state index contributed by atoms with van der Waals surface area (Å²) in [5.41, 5.74) is -0.352. The molecule has 23 heavy (non-hydrogen) atoms. The number of nitrogens with zero attached hydrogens (tertiary/aromatic N) is 1. The van der Waals surface area contributed by atoms with Crippen molar-refractivity contribution in [3.8, 4) is 0 Å². The molecule has 0 aromatic heterocycles. The monoisotopic (exact) mass is 325 g/mol. The van der Waals surface area contributed by atoms with Crippen LogP contribution in [0.1, 0.15) is 73.1 Å². The van der Waals surface area contributed by atoms with Crippen LogP contribution in [0.2, 0.25) is 0 Å². The van der Waals surface area contributed by atoms with Crippen molar-refractivity contribution in [2.45, 2.75) is 90.3 Å². The molecule has 2 fully saturated rings. The van der Waals surface area contributed by atoms with E-state index in [0.717, 1.165) is 45.1 Å². The molecule has 0 bridgehead atoms. The molecule has 3 atom stereocenters. The van der Waals surface area contributed by atoms with E-state index in [1.165, 1.54) is 0 Å². The number of carbonyl (C=O) groups is 1. The number of rotatable bonds is 4. The highest BCUT2D eigenvalue weighted by Gasteiger charge is 2.49. The van der Waals surface area contributed by atoms with Crippen LogP contribution < -0.4 is 0 Å². The number of esters is 1. The Balaban J connectivity index is 2.22. The van der Waals surface area contributed by atoms with Crippen LogP contribution in [0.15, 0.2) is 0 Å². The van der Waals surface area contributed by atoms with Gasteiger partial charge in [0, 0.05) is 12.1 Å².